The van der Waals surface area contributed by atoms with Gasteiger partial charge in [-0.25, -0.2) is 23.4 Å². The van der Waals surface area contributed by atoms with Gasteiger partial charge in [0.1, 0.15) is 0 Å². The summed E-state index contributed by atoms with van der Waals surface area (Å²) >= 11 is 0. The van der Waals surface area contributed by atoms with Gasteiger partial charge in [0, 0.05) is 36.9 Å². The van der Waals surface area contributed by atoms with Crippen molar-refractivity contribution in [2.45, 2.75) is 65.1 Å². The third kappa shape index (κ3) is 5.52. The number of nitrogens with one attached hydrogen (secondary N) is 1. The molecule has 1 aliphatic carbocycles. The van der Waals surface area contributed by atoms with E-state index in [1.165, 1.54) is 16.8 Å². The Labute approximate surface area is 240 Å². The van der Waals surface area contributed by atoms with Crippen LogP contribution in [0.1, 0.15) is 50.9 Å². The molecule has 0 spiro atoms. The van der Waals surface area contributed by atoms with Crippen LogP contribution in [-0.4, -0.2) is 60.3 Å². The van der Waals surface area contributed by atoms with E-state index in [9.17, 15) is 13.6 Å². The average molecular weight is 580 g/mol. The second-order valence-corrected chi connectivity index (χ2v) is 12.2. The second-order valence-electron chi connectivity index (χ2n) is 12.2. The van der Waals surface area contributed by atoms with Crippen LogP contribution in [0.25, 0.3) is 11.5 Å². The van der Waals surface area contributed by atoms with E-state index in [-0.39, 0.29) is 30.0 Å². The van der Waals surface area contributed by atoms with Crippen LogP contribution in [0, 0.1) is 17.0 Å². The zero-order valence-electron chi connectivity index (χ0n) is 23.8. The normalized spacial score (nSPS) is 18.9. The lowest BCUT2D eigenvalue weighted by atomic mass is 9.86. The van der Waals surface area contributed by atoms with E-state index in [0.29, 0.717) is 43.5 Å². The standard InChI is InChI=1S/C28H31F2N9O3/c1-27(2,3)24(40)41-15-39-13-22(34-37-39)28(4)5-6-38(14-28)26-36-35-23(42-26)18-11-31-25(32-12-18)33-19-7-16-9-20(29)21(30)10-17(16)8-19/h9-13,19H,5-8,14-15H2,1-4H3,(H,31,32,33). The number of halogens is 2. The van der Waals surface area contributed by atoms with Crippen LogP contribution >= 0.6 is 0 Å². The van der Waals surface area contributed by atoms with Gasteiger partial charge in [-0.1, -0.05) is 17.2 Å². The largest absolute Gasteiger partial charge is 0.442 e. The molecule has 42 heavy (non-hydrogen) atoms. The highest BCUT2D eigenvalue weighted by molar-refractivity contribution is 5.75. The SMILES string of the molecule is CC(C)(C)C(=O)OCn1cc(C2(C)CCN(c3nnc(-c4cnc(NC5Cc6cc(F)c(F)cc6C5)nc4)o3)C2)nn1. The average Bonchev–Trinajstić information content (AvgIpc) is 3.74. The number of hydrogen-bond donors (Lipinski definition) is 1. The molecule has 1 saturated heterocycles. The number of anilines is 2. The highest BCUT2D eigenvalue weighted by Crippen LogP contribution is 2.36. The van der Waals surface area contributed by atoms with Gasteiger partial charge >= 0.3 is 12.0 Å². The fourth-order valence-electron chi connectivity index (χ4n) is 5.18. The number of hydrogen-bond acceptors (Lipinski definition) is 11. The predicted molar refractivity (Wildman–Crippen MR) is 146 cm³/mol. The van der Waals surface area contributed by atoms with Gasteiger partial charge in [-0.05, 0) is 63.3 Å². The van der Waals surface area contributed by atoms with Gasteiger partial charge < -0.3 is 19.4 Å². The summed E-state index contributed by atoms with van der Waals surface area (Å²) < 4.78 is 39.9. The molecule has 4 aromatic rings. The number of nitrogens with zero attached hydrogens (tertiary/aromatic N) is 8. The number of ether oxygens (including phenoxy) is 1. The van der Waals surface area contributed by atoms with E-state index < -0.39 is 17.0 Å². The predicted octanol–water partition coefficient (Wildman–Crippen LogP) is 3.69. The molecule has 1 aliphatic heterocycles. The van der Waals surface area contributed by atoms with E-state index in [0.717, 1.165) is 23.2 Å². The zero-order chi connectivity index (χ0) is 29.6. The van der Waals surface area contributed by atoms with E-state index in [1.807, 2.05) is 4.90 Å². The smallest absolute Gasteiger partial charge is 0.318 e. The molecule has 2 aliphatic rings. The molecule has 1 N–H and O–H groups in total. The first kappa shape index (κ1) is 27.7. The number of benzene rings is 1. The molecule has 4 heterocycles. The lowest BCUT2D eigenvalue weighted by Gasteiger charge is -2.21. The minimum absolute atomic E-state index is 0.000566. The Morgan fingerprint density at radius 1 is 1.12 bits per heavy atom. The monoisotopic (exact) mass is 579 g/mol. The Bertz CT molecular complexity index is 1580. The Balaban J connectivity index is 1.05. The third-order valence-electron chi connectivity index (χ3n) is 7.66. The summed E-state index contributed by atoms with van der Waals surface area (Å²) in [6, 6.07) is 2.82. The molecule has 0 bridgehead atoms. The molecule has 1 atom stereocenters. The van der Waals surface area contributed by atoms with Gasteiger partial charge in [0.2, 0.25) is 5.95 Å². The van der Waals surface area contributed by atoms with Crippen molar-refractivity contribution >= 4 is 17.9 Å². The van der Waals surface area contributed by atoms with Gasteiger partial charge in [0.15, 0.2) is 18.4 Å². The second kappa shape index (κ2) is 10.4. The van der Waals surface area contributed by atoms with Gasteiger partial charge in [0.25, 0.3) is 5.89 Å². The summed E-state index contributed by atoms with van der Waals surface area (Å²) in [6.45, 7) is 8.75. The molecule has 6 rings (SSSR count). The van der Waals surface area contributed by atoms with Crippen LogP contribution in [0.2, 0.25) is 0 Å². The minimum atomic E-state index is -0.837. The van der Waals surface area contributed by atoms with Gasteiger partial charge in [-0.3, -0.25) is 4.79 Å². The van der Waals surface area contributed by atoms with E-state index in [1.54, 1.807) is 39.4 Å². The van der Waals surface area contributed by atoms with Crippen LogP contribution in [0.4, 0.5) is 20.7 Å². The number of fused-ring (bicyclic) bond motifs is 1. The molecule has 1 aromatic carbocycles. The highest BCUT2D eigenvalue weighted by atomic mass is 19.2. The summed E-state index contributed by atoms with van der Waals surface area (Å²) in [5.74, 6) is -1.30. The highest BCUT2D eigenvalue weighted by Gasteiger charge is 2.40. The number of aromatic nitrogens is 7. The molecule has 1 fully saturated rings. The molecule has 14 heteroatoms. The molecule has 1 unspecified atom stereocenters. The van der Waals surface area contributed by atoms with Crippen molar-refractivity contribution in [2.24, 2.45) is 5.41 Å². The summed E-state index contributed by atoms with van der Waals surface area (Å²) in [4.78, 5) is 22.8. The van der Waals surface area contributed by atoms with E-state index in [4.69, 9.17) is 9.15 Å². The van der Waals surface area contributed by atoms with Crippen molar-refractivity contribution in [3.63, 3.8) is 0 Å². The molecule has 220 valence electrons. The maximum absolute atomic E-state index is 13.6. The summed E-state index contributed by atoms with van der Waals surface area (Å²) in [7, 11) is 0. The van der Waals surface area contributed by atoms with E-state index >= 15 is 0 Å². The summed E-state index contributed by atoms with van der Waals surface area (Å²) in [5, 5.41) is 20.1. The number of carbonyl (C=O) groups is 1. The molecular formula is C28H31F2N9O3. The minimum Gasteiger partial charge on any atom is -0.442 e. The van der Waals surface area contributed by atoms with Crippen LogP contribution in [0.15, 0.2) is 35.1 Å². The number of esters is 1. The van der Waals surface area contributed by atoms with Crippen LogP contribution in [0.5, 0.6) is 0 Å². The number of carbonyl (C=O) groups excluding carboxylic acids is 1. The number of rotatable bonds is 7. The quantitative estimate of drug-likeness (QED) is 0.321. The third-order valence-corrected chi connectivity index (χ3v) is 7.66. The molecule has 12 nitrogen and oxygen atoms in total. The first-order chi connectivity index (χ1) is 20.0. The van der Waals surface area contributed by atoms with Crippen molar-refractivity contribution in [3.8, 4) is 11.5 Å². The molecule has 3 aromatic heterocycles. The zero-order valence-corrected chi connectivity index (χ0v) is 23.8. The Morgan fingerprint density at radius 3 is 2.48 bits per heavy atom. The van der Waals surface area contributed by atoms with E-state index in [2.05, 4.69) is 42.7 Å². The Kier molecular flexibility index (Phi) is 6.86. The van der Waals surface area contributed by atoms with Crippen LogP contribution < -0.4 is 10.2 Å². The van der Waals surface area contributed by atoms with Crippen molar-refractivity contribution in [1.82, 2.24) is 35.2 Å². The van der Waals surface area contributed by atoms with Gasteiger partial charge in [-0.2, -0.15) is 0 Å². The first-order valence-corrected chi connectivity index (χ1v) is 13.7. The molecule has 0 saturated carbocycles. The Morgan fingerprint density at radius 2 is 1.81 bits per heavy atom. The lowest BCUT2D eigenvalue weighted by Crippen LogP contribution is -2.28. The van der Waals surface area contributed by atoms with Crippen molar-refractivity contribution < 1.29 is 22.7 Å². The van der Waals surface area contributed by atoms with Gasteiger partial charge in [-0.15, -0.1) is 10.2 Å². The Hall–Kier alpha value is -4.49. The maximum Gasteiger partial charge on any atom is 0.318 e. The van der Waals surface area contributed by atoms with Gasteiger partial charge in [0.05, 0.1) is 22.9 Å². The van der Waals surface area contributed by atoms with Crippen molar-refractivity contribution in [3.05, 3.63) is 59.2 Å². The van der Waals surface area contributed by atoms with Crippen LogP contribution in [0.3, 0.4) is 0 Å². The maximum atomic E-state index is 13.6. The molecule has 0 amide bonds. The molecular weight excluding hydrogens is 548 g/mol. The summed E-state index contributed by atoms with van der Waals surface area (Å²) in [6.07, 6.45) is 6.88. The van der Waals surface area contributed by atoms with Crippen molar-refractivity contribution in [2.75, 3.05) is 23.3 Å². The topological polar surface area (TPSA) is 137 Å². The fourth-order valence-corrected chi connectivity index (χ4v) is 5.18. The van der Waals surface area contributed by atoms with Crippen molar-refractivity contribution in [1.29, 1.82) is 0 Å². The fraction of sp³-hybridized carbons (Fsp3) is 0.464. The lowest BCUT2D eigenvalue weighted by molar-refractivity contribution is -0.157. The first-order valence-electron chi connectivity index (χ1n) is 13.7. The van der Waals surface area contributed by atoms with Crippen LogP contribution in [-0.2, 0) is 34.5 Å². The summed E-state index contributed by atoms with van der Waals surface area (Å²) in [5.41, 5.74) is 2.01. The molecule has 0 radical (unpaired) electrons.